The van der Waals surface area contributed by atoms with Crippen molar-refractivity contribution >= 4 is 40.0 Å². The van der Waals surface area contributed by atoms with E-state index in [0.29, 0.717) is 10.4 Å². The quantitative estimate of drug-likeness (QED) is 0.618. The van der Waals surface area contributed by atoms with Gasteiger partial charge in [0.25, 0.3) is 17.7 Å². The predicted molar refractivity (Wildman–Crippen MR) is 95.2 cm³/mol. The maximum absolute atomic E-state index is 12.3. The van der Waals surface area contributed by atoms with E-state index in [4.69, 9.17) is 0 Å². The number of amides is 3. The monoisotopic (exact) mass is 356 g/mol. The molecule has 0 bridgehead atoms. The van der Waals surface area contributed by atoms with Crippen LogP contribution in [0.3, 0.4) is 0 Å². The predicted octanol–water partition coefficient (Wildman–Crippen LogP) is 1.43. The number of hydrogen-bond donors (Lipinski definition) is 3. The molecule has 0 aliphatic rings. The van der Waals surface area contributed by atoms with E-state index in [9.17, 15) is 14.4 Å². The Hall–Kier alpha value is -3.13. The fraction of sp³-hybridized carbons (Fsp3) is 0.118. The summed E-state index contributed by atoms with van der Waals surface area (Å²) in [6, 6.07) is 10.9. The summed E-state index contributed by atoms with van der Waals surface area (Å²) in [6.07, 6.45) is 1.70. The molecule has 8 heteroatoms. The smallest absolute Gasteiger partial charge is 0.271 e. The third-order valence-electron chi connectivity index (χ3n) is 3.61. The van der Waals surface area contributed by atoms with Crippen LogP contribution in [-0.4, -0.2) is 28.8 Å². The fourth-order valence-electron chi connectivity index (χ4n) is 2.42. The molecule has 0 atom stereocenters. The molecule has 2 aromatic heterocycles. The third-order valence-corrected chi connectivity index (χ3v) is 4.48. The molecular formula is C17H16N4O3S. The molecule has 0 saturated carbocycles. The van der Waals surface area contributed by atoms with Gasteiger partial charge >= 0.3 is 0 Å². The van der Waals surface area contributed by atoms with E-state index >= 15 is 0 Å². The molecule has 3 amide bonds. The summed E-state index contributed by atoms with van der Waals surface area (Å²) in [5.41, 5.74) is 6.04. The lowest BCUT2D eigenvalue weighted by Crippen LogP contribution is -2.46. The number of benzene rings is 1. The maximum Gasteiger partial charge on any atom is 0.271 e. The van der Waals surface area contributed by atoms with Gasteiger partial charge in [0.05, 0.1) is 17.0 Å². The average Bonchev–Trinajstić information content (AvgIpc) is 3.26. The lowest BCUT2D eigenvalue weighted by Gasteiger charge is -2.07. The number of fused-ring (bicyclic) bond motifs is 1. The molecule has 0 aliphatic carbocycles. The van der Waals surface area contributed by atoms with Crippen molar-refractivity contribution in [2.24, 2.45) is 7.05 Å². The van der Waals surface area contributed by atoms with Gasteiger partial charge in [-0.3, -0.25) is 25.2 Å². The van der Waals surface area contributed by atoms with E-state index in [2.05, 4.69) is 16.2 Å². The Kier molecular flexibility index (Phi) is 4.80. The van der Waals surface area contributed by atoms with Gasteiger partial charge in [0.2, 0.25) is 0 Å². The van der Waals surface area contributed by atoms with Crippen LogP contribution in [0.1, 0.15) is 20.0 Å². The van der Waals surface area contributed by atoms with Gasteiger partial charge in [-0.2, -0.15) is 0 Å². The van der Waals surface area contributed by atoms with Crippen LogP contribution >= 0.6 is 11.3 Å². The van der Waals surface area contributed by atoms with E-state index in [1.54, 1.807) is 23.7 Å². The summed E-state index contributed by atoms with van der Waals surface area (Å²) < 4.78 is 1.84. The third kappa shape index (κ3) is 3.69. The first-order chi connectivity index (χ1) is 12.1. The van der Waals surface area contributed by atoms with E-state index in [0.717, 1.165) is 10.9 Å². The Morgan fingerprint density at radius 2 is 1.84 bits per heavy atom. The Labute approximate surface area is 147 Å². The number of rotatable bonds is 4. The van der Waals surface area contributed by atoms with E-state index in [1.807, 2.05) is 35.9 Å². The number of carbonyl (C=O) groups is 3. The van der Waals surface area contributed by atoms with Crippen molar-refractivity contribution in [3.05, 3.63) is 58.4 Å². The SMILES string of the molecule is Cn1cc(C(=O)NNC(=O)CNC(=O)c2cccs2)c2ccccc21. The number of nitrogens with zero attached hydrogens (tertiary/aromatic N) is 1. The fourth-order valence-corrected chi connectivity index (χ4v) is 3.06. The van der Waals surface area contributed by atoms with Crippen molar-refractivity contribution in [1.29, 1.82) is 0 Å². The van der Waals surface area contributed by atoms with Gasteiger partial charge in [-0.15, -0.1) is 11.3 Å². The standard InChI is InChI=1S/C17H16N4O3S/c1-21-10-12(11-5-2-3-6-13(11)21)16(23)20-19-15(22)9-18-17(24)14-7-4-8-25-14/h2-8,10H,9H2,1H3,(H,18,24)(H,19,22)(H,20,23). The summed E-state index contributed by atoms with van der Waals surface area (Å²) >= 11 is 1.29. The highest BCUT2D eigenvalue weighted by Gasteiger charge is 2.14. The molecule has 3 rings (SSSR count). The Balaban J connectivity index is 1.55. The zero-order chi connectivity index (χ0) is 17.8. The lowest BCUT2D eigenvalue weighted by atomic mass is 10.2. The van der Waals surface area contributed by atoms with Crippen molar-refractivity contribution in [2.45, 2.75) is 0 Å². The molecule has 7 nitrogen and oxygen atoms in total. The van der Waals surface area contributed by atoms with E-state index < -0.39 is 11.8 Å². The van der Waals surface area contributed by atoms with Gasteiger partial charge in [0, 0.05) is 24.1 Å². The van der Waals surface area contributed by atoms with Crippen LogP contribution in [0.25, 0.3) is 10.9 Å². The Morgan fingerprint density at radius 3 is 2.60 bits per heavy atom. The van der Waals surface area contributed by atoms with Gasteiger partial charge in [0.1, 0.15) is 0 Å². The highest BCUT2D eigenvalue weighted by atomic mass is 32.1. The van der Waals surface area contributed by atoms with Crippen LogP contribution in [0.15, 0.2) is 48.0 Å². The summed E-state index contributed by atoms with van der Waals surface area (Å²) in [7, 11) is 1.85. The molecule has 0 saturated heterocycles. The Morgan fingerprint density at radius 1 is 1.04 bits per heavy atom. The highest BCUT2D eigenvalue weighted by molar-refractivity contribution is 7.12. The molecule has 128 valence electrons. The van der Waals surface area contributed by atoms with Crippen molar-refractivity contribution in [2.75, 3.05) is 6.54 Å². The first-order valence-electron chi connectivity index (χ1n) is 7.51. The number of thiophene rings is 1. The van der Waals surface area contributed by atoms with Gasteiger partial charge in [0.15, 0.2) is 0 Å². The highest BCUT2D eigenvalue weighted by Crippen LogP contribution is 2.19. The zero-order valence-corrected chi connectivity index (χ0v) is 14.2. The number of hydrogen-bond acceptors (Lipinski definition) is 4. The lowest BCUT2D eigenvalue weighted by molar-refractivity contribution is -0.120. The summed E-state index contributed by atoms with van der Waals surface area (Å²) in [5.74, 6) is -1.27. The van der Waals surface area contributed by atoms with Gasteiger partial charge in [-0.1, -0.05) is 24.3 Å². The molecule has 2 heterocycles. The Bertz CT molecular complexity index is 931. The molecule has 0 radical (unpaired) electrons. The molecular weight excluding hydrogens is 340 g/mol. The van der Waals surface area contributed by atoms with Crippen LogP contribution in [-0.2, 0) is 11.8 Å². The second-order valence-electron chi connectivity index (χ2n) is 5.33. The number of nitrogens with one attached hydrogen (secondary N) is 3. The minimum atomic E-state index is -0.515. The number of para-hydroxylation sites is 1. The normalized spacial score (nSPS) is 10.4. The van der Waals surface area contributed by atoms with Crippen molar-refractivity contribution in [3.63, 3.8) is 0 Å². The molecule has 0 unspecified atom stereocenters. The van der Waals surface area contributed by atoms with Crippen LogP contribution in [0.4, 0.5) is 0 Å². The number of carbonyl (C=O) groups excluding carboxylic acids is 3. The van der Waals surface area contributed by atoms with Crippen molar-refractivity contribution < 1.29 is 14.4 Å². The molecule has 3 N–H and O–H groups in total. The summed E-state index contributed by atoms with van der Waals surface area (Å²) in [5, 5.41) is 5.06. The van der Waals surface area contributed by atoms with Gasteiger partial charge in [-0.05, 0) is 17.5 Å². The first kappa shape index (κ1) is 16.7. The van der Waals surface area contributed by atoms with E-state index in [1.165, 1.54) is 11.3 Å². The topological polar surface area (TPSA) is 92.2 Å². The number of aromatic nitrogens is 1. The van der Waals surface area contributed by atoms with Crippen LogP contribution in [0.5, 0.6) is 0 Å². The van der Waals surface area contributed by atoms with Crippen molar-refractivity contribution in [1.82, 2.24) is 20.7 Å². The minimum absolute atomic E-state index is 0.230. The largest absolute Gasteiger partial charge is 0.350 e. The zero-order valence-electron chi connectivity index (χ0n) is 13.4. The maximum atomic E-state index is 12.3. The first-order valence-corrected chi connectivity index (χ1v) is 8.39. The van der Waals surface area contributed by atoms with Crippen LogP contribution in [0.2, 0.25) is 0 Å². The van der Waals surface area contributed by atoms with Crippen LogP contribution < -0.4 is 16.2 Å². The van der Waals surface area contributed by atoms with Crippen molar-refractivity contribution in [3.8, 4) is 0 Å². The van der Waals surface area contributed by atoms with Gasteiger partial charge < -0.3 is 9.88 Å². The summed E-state index contributed by atoms with van der Waals surface area (Å²) in [6.45, 7) is -0.230. The molecule has 25 heavy (non-hydrogen) atoms. The molecule has 0 aliphatic heterocycles. The molecule has 0 fully saturated rings. The van der Waals surface area contributed by atoms with Gasteiger partial charge in [-0.25, -0.2) is 0 Å². The minimum Gasteiger partial charge on any atom is -0.350 e. The second-order valence-corrected chi connectivity index (χ2v) is 6.28. The van der Waals surface area contributed by atoms with Crippen LogP contribution in [0, 0.1) is 0 Å². The number of hydrazine groups is 1. The van der Waals surface area contributed by atoms with E-state index in [-0.39, 0.29) is 12.5 Å². The summed E-state index contributed by atoms with van der Waals surface area (Å²) in [4.78, 5) is 36.3. The average molecular weight is 356 g/mol. The molecule has 1 aromatic carbocycles. The molecule has 3 aromatic rings. The second kappa shape index (κ2) is 7.18. The number of aryl methyl sites for hydroxylation is 1. The molecule has 0 spiro atoms.